The highest BCUT2D eigenvalue weighted by atomic mass is 16.5. The molecule has 0 saturated carbocycles. The normalized spacial score (nSPS) is 17.4. The van der Waals surface area contributed by atoms with Crippen molar-refractivity contribution in [2.24, 2.45) is 4.99 Å². The Morgan fingerprint density at radius 2 is 1.89 bits per heavy atom. The highest BCUT2D eigenvalue weighted by Crippen LogP contribution is 2.17. The number of likely N-dealkylation sites (tertiary alicyclic amines) is 1. The van der Waals surface area contributed by atoms with E-state index >= 15 is 0 Å². The van der Waals surface area contributed by atoms with E-state index in [0.717, 1.165) is 30.9 Å². The highest BCUT2D eigenvalue weighted by Gasteiger charge is 2.22. The third-order valence-electron chi connectivity index (χ3n) is 4.70. The highest BCUT2D eigenvalue weighted by molar-refractivity contribution is 5.81. The van der Waals surface area contributed by atoms with E-state index < -0.39 is 0 Å². The summed E-state index contributed by atoms with van der Waals surface area (Å²) in [6.45, 7) is 4.71. The molecule has 7 nitrogen and oxygen atoms in total. The van der Waals surface area contributed by atoms with Gasteiger partial charge in [-0.15, -0.1) is 0 Å². The van der Waals surface area contributed by atoms with E-state index in [4.69, 9.17) is 9.47 Å². The van der Waals surface area contributed by atoms with Crippen molar-refractivity contribution in [3.63, 3.8) is 0 Å². The Bertz CT molecular complexity index is 604. The average molecular weight is 377 g/mol. The molecule has 2 N–H and O–H groups in total. The van der Waals surface area contributed by atoms with E-state index in [1.54, 1.807) is 14.2 Å². The molecular weight excluding hydrogens is 344 g/mol. The molecule has 7 heteroatoms. The monoisotopic (exact) mass is 376 g/mol. The van der Waals surface area contributed by atoms with Gasteiger partial charge in [-0.3, -0.25) is 9.79 Å². The Hall–Kier alpha value is -2.44. The first-order chi connectivity index (χ1) is 13.1. The number of nitrogens with zero attached hydrogens (tertiary/aromatic N) is 2. The maximum atomic E-state index is 12.3. The molecule has 0 bridgehead atoms. The van der Waals surface area contributed by atoms with Crippen molar-refractivity contribution in [2.75, 3.05) is 40.4 Å². The fourth-order valence-electron chi connectivity index (χ4n) is 3.13. The Balaban J connectivity index is 1.61. The van der Waals surface area contributed by atoms with Gasteiger partial charge in [-0.1, -0.05) is 0 Å². The number of guanidine groups is 1. The van der Waals surface area contributed by atoms with Crippen LogP contribution in [-0.2, 0) is 4.79 Å². The maximum Gasteiger partial charge on any atom is 0.224 e. The van der Waals surface area contributed by atoms with Crippen LogP contribution in [0.1, 0.15) is 32.6 Å². The lowest BCUT2D eigenvalue weighted by Gasteiger charge is -2.33. The smallest absolute Gasteiger partial charge is 0.224 e. The second kappa shape index (κ2) is 11.3. The van der Waals surface area contributed by atoms with Crippen LogP contribution in [-0.4, -0.2) is 63.2 Å². The van der Waals surface area contributed by atoms with Gasteiger partial charge in [-0.25, -0.2) is 0 Å². The van der Waals surface area contributed by atoms with Gasteiger partial charge in [-0.2, -0.15) is 0 Å². The maximum absolute atomic E-state index is 12.3. The molecule has 1 aromatic carbocycles. The number of carbonyl (C=O) groups excluding carboxylic acids is 1. The molecule has 1 aromatic rings. The molecule has 2 rings (SSSR count). The summed E-state index contributed by atoms with van der Waals surface area (Å²) in [6, 6.07) is 7.84. The third kappa shape index (κ3) is 7.00. The van der Waals surface area contributed by atoms with Crippen LogP contribution in [0.3, 0.4) is 0 Å². The molecule has 1 saturated heterocycles. The summed E-state index contributed by atoms with van der Waals surface area (Å²) in [7, 11) is 3.35. The molecule has 27 heavy (non-hydrogen) atoms. The SMILES string of the molecule is CN=C(NCCOc1ccc(OC)cc1)NCCC(=O)N1CCCCC1C. The number of benzene rings is 1. The van der Waals surface area contributed by atoms with Crippen molar-refractivity contribution in [2.45, 2.75) is 38.6 Å². The summed E-state index contributed by atoms with van der Waals surface area (Å²) in [5, 5.41) is 6.38. The lowest BCUT2D eigenvalue weighted by molar-refractivity contribution is -0.134. The number of carbonyl (C=O) groups is 1. The summed E-state index contributed by atoms with van der Waals surface area (Å²) >= 11 is 0. The standard InChI is InChI=1S/C20H32N4O3/c1-16-6-4-5-14-24(16)19(25)11-12-22-20(21-2)23-13-15-27-18-9-7-17(26-3)8-10-18/h7-10,16H,4-6,11-15H2,1-3H3,(H2,21,22,23). The molecule has 1 aliphatic rings. The topological polar surface area (TPSA) is 75.2 Å². The van der Waals surface area contributed by atoms with Crippen molar-refractivity contribution in [3.8, 4) is 11.5 Å². The lowest BCUT2D eigenvalue weighted by atomic mass is 10.0. The van der Waals surface area contributed by atoms with Gasteiger partial charge in [0.15, 0.2) is 5.96 Å². The second-order valence-corrected chi connectivity index (χ2v) is 6.63. The zero-order chi connectivity index (χ0) is 19.5. The molecule has 0 radical (unpaired) electrons. The molecule has 0 aliphatic carbocycles. The quantitative estimate of drug-likeness (QED) is 0.413. The molecule has 0 aromatic heterocycles. The predicted molar refractivity (Wildman–Crippen MR) is 107 cm³/mol. The minimum absolute atomic E-state index is 0.216. The van der Waals surface area contributed by atoms with Gasteiger partial charge in [0.1, 0.15) is 18.1 Å². The van der Waals surface area contributed by atoms with Crippen molar-refractivity contribution < 1.29 is 14.3 Å². The van der Waals surface area contributed by atoms with E-state index in [1.165, 1.54) is 6.42 Å². The Morgan fingerprint density at radius 3 is 2.56 bits per heavy atom. The lowest BCUT2D eigenvalue weighted by Crippen LogP contribution is -2.44. The third-order valence-corrected chi connectivity index (χ3v) is 4.70. The largest absolute Gasteiger partial charge is 0.497 e. The molecule has 150 valence electrons. The van der Waals surface area contributed by atoms with Gasteiger partial charge in [-0.05, 0) is 50.5 Å². The number of amides is 1. The zero-order valence-corrected chi connectivity index (χ0v) is 16.7. The Morgan fingerprint density at radius 1 is 1.19 bits per heavy atom. The second-order valence-electron chi connectivity index (χ2n) is 6.63. The number of hydrogen-bond donors (Lipinski definition) is 2. The van der Waals surface area contributed by atoms with Crippen LogP contribution in [0.5, 0.6) is 11.5 Å². The zero-order valence-electron chi connectivity index (χ0n) is 16.7. The molecular formula is C20H32N4O3. The van der Waals surface area contributed by atoms with E-state index in [9.17, 15) is 4.79 Å². The van der Waals surface area contributed by atoms with Crippen molar-refractivity contribution in [3.05, 3.63) is 24.3 Å². The minimum atomic E-state index is 0.216. The number of rotatable bonds is 8. The number of methoxy groups -OCH3 is 1. The molecule has 1 atom stereocenters. The van der Waals surface area contributed by atoms with Crippen molar-refractivity contribution in [1.82, 2.24) is 15.5 Å². The van der Waals surface area contributed by atoms with Crippen LogP contribution in [0.4, 0.5) is 0 Å². The fourth-order valence-corrected chi connectivity index (χ4v) is 3.13. The van der Waals surface area contributed by atoms with Crippen LogP contribution < -0.4 is 20.1 Å². The van der Waals surface area contributed by atoms with Crippen LogP contribution in [0.15, 0.2) is 29.3 Å². The number of hydrogen-bond acceptors (Lipinski definition) is 4. The van der Waals surface area contributed by atoms with E-state index in [-0.39, 0.29) is 5.91 Å². The van der Waals surface area contributed by atoms with Gasteiger partial charge in [0.05, 0.1) is 13.7 Å². The summed E-state index contributed by atoms with van der Waals surface area (Å²) in [6.07, 6.45) is 3.92. The molecule has 1 fully saturated rings. The predicted octanol–water partition coefficient (Wildman–Crippen LogP) is 2.03. The van der Waals surface area contributed by atoms with E-state index in [1.807, 2.05) is 29.2 Å². The number of ether oxygens (including phenoxy) is 2. The summed E-state index contributed by atoms with van der Waals surface area (Å²) < 4.78 is 10.8. The Labute approximate surface area is 162 Å². The van der Waals surface area contributed by atoms with Crippen LogP contribution >= 0.6 is 0 Å². The number of piperidine rings is 1. The van der Waals surface area contributed by atoms with Gasteiger partial charge in [0.25, 0.3) is 0 Å². The molecule has 1 unspecified atom stereocenters. The van der Waals surface area contributed by atoms with Crippen LogP contribution in [0, 0.1) is 0 Å². The first-order valence-electron chi connectivity index (χ1n) is 9.65. The summed E-state index contributed by atoms with van der Waals surface area (Å²) in [5.74, 6) is 2.49. The minimum Gasteiger partial charge on any atom is -0.497 e. The number of aliphatic imine (C=N–C) groups is 1. The van der Waals surface area contributed by atoms with Gasteiger partial charge in [0.2, 0.25) is 5.91 Å². The van der Waals surface area contributed by atoms with Gasteiger partial charge < -0.3 is 25.0 Å². The summed E-state index contributed by atoms with van der Waals surface area (Å²) in [5.41, 5.74) is 0. The molecule has 0 spiro atoms. The first kappa shape index (κ1) is 20.9. The summed E-state index contributed by atoms with van der Waals surface area (Å²) in [4.78, 5) is 18.5. The Kier molecular flexibility index (Phi) is 8.74. The number of nitrogens with one attached hydrogen (secondary N) is 2. The van der Waals surface area contributed by atoms with Crippen molar-refractivity contribution >= 4 is 11.9 Å². The molecule has 1 aliphatic heterocycles. The molecule has 1 amide bonds. The van der Waals surface area contributed by atoms with E-state index in [2.05, 4.69) is 22.5 Å². The van der Waals surface area contributed by atoms with Gasteiger partial charge >= 0.3 is 0 Å². The van der Waals surface area contributed by atoms with Crippen LogP contribution in [0.25, 0.3) is 0 Å². The van der Waals surface area contributed by atoms with Crippen LogP contribution in [0.2, 0.25) is 0 Å². The van der Waals surface area contributed by atoms with Gasteiger partial charge in [0, 0.05) is 32.6 Å². The molecule has 1 heterocycles. The first-order valence-corrected chi connectivity index (χ1v) is 9.65. The van der Waals surface area contributed by atoms with Crippen molar-refractivity contribution in [1.29, 1.82) is 0 Å². The van der Waals surface area contributed by atoms with E-state index in [0.29, 0.717) is 38.1 Å². The fraction of sp³-hybridized carbons (Fsp3) is 0.600. The average Bonchev–Trinajstić information content (AvgIpc) is 2.70.